The molecule has 1 aliphatic heterocycles. The number of guanidine groups is 1. The maximum absolute atomic E-state index is 6.02. The van der Waals surface area contributed by atoms with Crippen LogP contribution in [-0.4, -0.2) is 28.5 Å². The number of rotatable bonds is 0. The Labute approximate surface area is 87.4 Å². The first-order chi connectivity index (χ1) is 6.22. The smallest absolute Gasteiger partial charge is 0.192 e. The molecule has 1 rings (SSSR count). The molecule has 1 saturated heterocycles. The van der Waals surface area contributed by atoms with E-state index < -0.39 is 0 Å². The Hall–Kier alpha value is -0.730. The van der Waals surface area contributed by atoms with Crippen LogP contribution in [0, 0.1) is 0 Å². The maximum atomic E-state index is 6.02. The SMILES string of the molecule is CC(C)(C)N=C(N)N1CCCC1(C)C. The number of hydrogen-bond acceptors (Lipinski definition) is 1. The fourth-order valence-corrected chi connectivity index (χ4v) is 1.94. The Morgan fingerprint density at radius 1 is 1.36 bits per heavy atom. The monoisotopic (exact) mass is 197 g/mol. The molecular weight excluding hydrogens is 174 g/mol. The molecule has 3 heteroatoms. The largest absolute Gasteiger partial charge is 0.370 e. The van der Waals surface area contributed by atoms with Crippen molar-refractivity contribution in [3.63, 3.8) is 0 Å². The topological polar surface area (TPSA) is 41.6 Å². The summed E-state index contributed by atoms with van der Waals surface area (Å²) in [7, 11) is 0. The molecule has 1 fully saturated rings. The Morgan fingerprint density at radius 3 is 2.29 bits per heavy atom. The summed E-state index contributed by atoms with van der Waals surface area (Å²) in [5.74, 6) is 0.694. The molecule has 0 radical (unpaired) electrons. The Morgan fingerprint density at radius 2 is 1.93 bits per heavy atom. The summed E-state index contributed by atoms with van der Waals surface area (Å²) in [6, 6.07) is 0. The van der Waals surface area contributed by atoms with E-state index in [9.17, 15) is 0 Å². The molecular formula is C11H23N3. The van der Waals surface area contributed by atoms with E-state index in [4.69, 9.17) is 5.73 Å². The van der Waals surface area contributed by atoms with Crippen molar-refractivity contribution in [1.29, 1.82) is 0 Å². The van der Waals surface area contributed by atoms with Gasteiger partial charge in [0, 0.05) is 12.1 Å². The highest BCUT2D eigenvalue weighted by molar-refractivity contribution is 5.79. The van der Waals surface area contributed by atoms with Crippen LogP contribution in [-0.2, 0) is 0 Å². The zero-order valence-electron chi connectivity index (χ0n) is 10.1. The first-order valence-corrected chi connectivity index (χ1v) is 5.35. The zero-order chi connectivity index (χ0) is 11.0. The third kappa shape index (κ3) is 2.63. The summed E-state index contributed by atoms with van der Waals surface area (Å²) in [4.78, 5) is 6.73. The van der Waals surface area contributed by atoms with E-state index in [0.29, 0.717) is 5.96 Å². The van der Waals surface area contributed by atoms with E-state index in [0.717, 1.165) is 6.54 Å². The predicted molar refractivity (Wildman–Crippen MR) is 61.4 cm³/mol. The standard InChI is InChI=1S/C11H23N3/c1-10(2,3)13-9(12)14-8-6-7-11(14,4)5/h6-8H2,1-5H3,(H2,12,13). The molecule has 0 atom stereocenters. The lowest BCUT2D eigenvalue weighted by atomic mass is 10.0. The van der Waals surface area contributed by atoms with Crippen molar-refractivity contribution in [2.45, 2.75) is 58.5 Å². The van der Waals surface area contributed by atoms with E-state index in [1.807, 2.05) is 0 Å². The molecule has 0 bridgehead atoms. The van der Waals surface area contributed by atoms with Crippen molar-refractivity contribution in [1.82, 2.24) is 4.90 Å². The highest BCUT2D eigenvalue weighted by Gasteiger charge is 2.33. The molecule has 2 N–H and O–H groups in total. The van der Waals surface area contributed by atoms with Gasteiger partial charge in [-0.05, 0) is 47.5 Å². The second kappa shape index (κ2) is 3.44. The van der Waals surface area contributed by atoms with Gasteiger partial charge in [0.15, 0.2) is 5.96 Å². The van der Waals surface area contributed by atoms with Gasteiger partial charge in [-0.3, -0.25) is 0 Å². The van der Waals surface area contributed by atoms with Crippen LogP contribution in [0.2, 0.25) is 0 Å². The van der Waals surface area contributed by atoms with Crippen molar-refractivity contribution in [3.8, 4) is 0 Å². The molecule has 82 valence electrons. The van der Waals surface area contributed by atoms with Crippen LogP contribution < -0.4 is 5.73 Å². The van der Waals surface area contributed by atoms with Gasteiger partial charge in [0.1, 0.15) is 0 Å². The normalized spacial score (nSPS) is 22.9. The van der Waals surface area contributed by atoms with Gasteiger partial charge in [-0.1, -0.05) is 0 Å². The first-order valence-electron chi connectivity index (χ1n) is 5.35. The van der Waals surface area contributed by atoms with Gasteiger partial charge in [-0.25, -0.2) is 4.99 Å². The molecule has 0 amide bonds. The van der Waals surface area contributed by atoms with Crippen LogP contribution in [0.25, 0.3) is 0 Å². The highest BCUT2D eigenvalue weighted by atomic mass is 15.3. The minimum atomic E-state index is -0.0806. The summed E-state index contributed by atoms with van der Waals surface area (Å²) in [6.45, 7) is 11.7. The van der Waals surface area contributed by atoms with Crippen LogP contribution in [0.5, 0.6) is 0 Å². The Kier molecular flexibility index (Phi) is 2.79. The number of aliphatic imine (C=N–C) groups is 1. The predicted octanol–water partition coefficient (Wildman–Crippen LogP) is 1.97. The lowest BCUT2D eigenvalue weighted by Gasteiger charge is -2.33. The average Bonchev–Trinajstić information content (AvgIpc) is 2.25. The summed E-state index contributed by atoms with van der Waals surface area (Å²) in [5, 5.41) is 0. The molecule has 14 heavy (non-hydrogen) atoms. The van der Waals surface area contributed by atoms with Crippen molar-refractivity contribution < 1.29 is 0 Å². The molecule has 1 heterocycles. The van der Waals surface area contributed by atoms with Crippen LogP contribution in [0.3, 0.4) is 0 Å². The molecule has 0 saturated carbocycles. The van der Waals surface area contributed by atoms with Gasteiger partial charge in [0.25, 0.3) is 0 Å². The maximum Gasteiger partial charge on any atom is 0.192 e. The molecule has 0 aromatic carbocycles. The second-order valence-electron chi connectivity index (χ2n) is 5.71. The Bertz CT molecular complexity index is 235. The van der Waals surface area contributed by atoms with Gasteiger partial charge < -0.3 is 10.6 Å². The minimum Gasteiger partial charge on any atom is -0.370 e. The second-order valence-corrected chi connectivity index (χ2v) is 5.71. The summed E-state index contributed by atoms with van der Waals surface area (Å²) in [5.41, 5.74) is 6.12. The lowest BCUT2D eigenvalue weighted by Crippen LogP contribution is -2.47. The summed E-state index contributed by atoms with van der Waals surface area (Å²) >= 11 is 0. The molecule has 0 aliphatic carbocycles. The van der Waals surface area contributed by atoms with Crippen molar-refractivity contribution in [3.05, 3.63) is 0 Å². The third-order valence-electron chi connectivity index (χ3n) is 2.63. The van der Waals surface area contributed by atoms with Crippen molar-refractivity contribution >= 4 is 5.96 Å². The van der Waals surface area contributed by atoms with Crippen LogP contribution in [0.4, 0.5) is 0 Å². The molecule has 3 nitrogen and oxygen atoms in total. The fourth-order valence-electron chi connectivity index (χ4n) is 1.94. The quantitative estimate of drug-likeness (QED) is 0.476. The average molecular weight is 197 g/mol. The van der Waals surface area contributed by atoms with Crippen LogP contribution >= 0.6 is 0 Å². The molecule has 0 aromatic heterocycles. The van der Waals surface area contributed by atoms with Gasteiger partial charge in [0.2, 0.25) is 0 Å². The zero-order valence-corrected chi connectivity index (χ0v) is 10.1. The van der Waals surface area contributed by atoms with E-state index >= 15 is 0 Å². The molecule has 0 spiro atoms. The number of nitrogens with zero attached hydrogens (tertiary/aromatic N) is 2. The fraction of sp³-hybridized carbons (Fsp3) is 0.909. The number of likely N-dealkylation sites (tertiary alicyclic amines) is 1. The molecule has 0 aromatic rings. The molecule has 1 aliphatic rings. The van der Waals surface area contributed by atoms with Crippen molar-refractivity contribution in [2.24, 2.45) is 10.7 Å². The Balaban J connectivity index is 2.79. The van der Waals surface area contributed by atoms with Crippen molar-refractivity contribution in [2.75, 3.05) is 6.54 Å². The number of hydrogen-bond donors (Lipinski definition) is 1. The van der Waals surface area contributed by atoms with E-state index in [-0.39, 0.29) is 11.1 Å². The van der Waals surface area contributed by atoms with E-state index in [1.165, 1.54) is 12.8 Å². The van der Waals surface area contributed by atoms with E-state index in [1.54, 1.807) is 0 Å². The summed E-state index contributed by atoms with van der Waals surface area (Å²) < 4.78 is 0. The van der Waals surface area contributed by atoms with Gasteiger partial charge in [0.05, 0.1) is 5.54 Å². The first kappa shape index (κ1) is 11.3. The molecule has 0 unspecified atom stereocenters. The van der Waals surface area contributed by atoms with Gasteiger partial charge in [-0.2, -0.15) is 0 Å². The minimum absolute atomic E-state index is 0.0806. The lowest BCUT2D eigenvalue weighted by molar-refractivity contribution is 0.276. The van der Waals surface area contributed by atoms with Crippen LogP contribution in [0.1, 0.15) is 47.5 Å². The number of nitrogens with two attached hydrogens (primary N) is 1. The van der Waals surface area contributed by atoms with Gasteiger partial charge >= 0.3 is 0 Å². The highest BCUT2D eigenvalue weighted by Crippen LogP contribution is 2.28. The van der Waals surface area contributed by atoms with E-state index in [2.05, 4.69) is 44.5 Å². The third-order valence-corrected chi connectivity index (χ3v) is 2.63. The van der Waals surface area contributed by atoms with Crippen LogP contribution in [0.15, 0.2) is 4.99 Å². The van der Waals surface area contributed by atoms with Gasteiger partial charge in [-0.15, -0.1) is 0 Å². The summed E-state index contributed by atoms with van der Waals surface area (Å²) in [6.07, 6.45) is 2.42.